The first kappa shape index (κ1) is 24.3. The minimum absolute atomic E-state index is 0.0677. The number of halogens is 2. The number of anilines is 2. The van der Waals surface area contributed by atoms with Gasteiger partial charge in [0.05, 0.1) is 18.4 Å². The third kappa shape index (κ3) is 4.87. The number of amides is 2. The van der Waals surface area contributed by atoms with Crippen LogP contribution in [0.1, 0.15) is 21.5 Å². The molecule has 178 valence electrons. The molecule has 0 spiro atoms. The summed E-state index contributed by atoms with van der Waals surface area (Å²) in [6.07, 6.45) is 0. The zero-order chi connectivity index (χ0) is 25.3. The topological polar surface area (TPSA) is 84.9 Å². The highest BCUT2D eigenvalue weighted by atomic mass is 35.5. The van der Waals surface area contributed by atoms with Gasteiger partial charge in [0.15, 0.2) is 0 Å². The Hall–Kier alpha value is -3.81. The number of esters is 1. The Kier molecular flexibility index (Phi) is 6.82. The molecule has 0 bridgehead atoms. The number of nitrogens with one attached hydrogen (secondary N) is 1. The van der Waals surface area contributed by atoms with Crippen LogP contribution in [-0.4, -0.2) is 24.9 Å². The van der Waals surface area contributed by atoms with Crippen molar-refractivity contribution in [1.29, 1.82) is 0 Å². The van der Waals surface area contributed by atoms with Crippen LogP contribution in [0.2, 0.25) is 5.02 Å². The highest BCUT2D eigenvalue weighted by molar-refractivity contribution is 6.53. The molecule has 1 aliphatic rings. The minimum atomic E-state index is -0.652. The molecule has 0 saturated carbocycles. The smallest absolute Gasteiger partial charge is 0.343 e. The van der Waals surface area contributed by atoms with Gasteiger partial charge in [-0.25, -0.2) is 9.69 Å². The molecule has 0 radical (unpaired) electrons. The van der Waals surface area contributed by atoms with E-state index in [1.165, 1.54) is 19.2 Å². The Morgan fingerprint density at radius 1 is 0.886 bits per heavy atom. The van der Waals surface area contributed by atoms with Crippen LogP contribution in [0.5, 0.6) is 11.5 Å². The van der Waals surface area contributed by atoms with E-state index in [9.17, 15) is 14.4 Å². The molecule has 0 unspecified atom stereocenters. The van der Waals surface area contributed by atoms with Gasteiger partial charge in [-0.2, -0.15) is 0 Å². The summed E-state index contributed by atoms with van der Waals surface area (Å²) in [6.45, 7) is 3.66. The standard InChI is InChI=1S/C26H20Cl2N2O5/c1-14-11-20(12-15(2)21(14)27)35-26(33)16-7-9-17(10-8-16)29-23-22(28)24(31)30(25(23)32)18-5-4-6-19(13-18)34-3/h4-13,29H,1-3H3. The Labute approximate surface area is 211 Å². The van der Waals surface area contributed by atoms with Gasteiger partial charge in [0.25, 0.3) is 11.8 Å². The number of carbonyl (C=O) groups is 3. The van der Waals surface area contributed by atoms with Crippen LogP contribution in [0.15, 0.2) is 71.4 Å². The van der Waals surface area contributed by atoms with Crippen molar-refractivity contribution < 1.29 is 23.9 Å². The van der Waals surface area contributed by atoms with Gasteiger partial charge < -0.3 is 14.8 Å². The lowest BCUT2D eigenvalue weighted by molar-refractivity contribution is -0.120. The number of nitrogens with zero attached hydrogens (tertiary/aromatic N) is 1. The van der Waals surface area contributed by atoms with Gasteiger partial charge in [-0.1, -0.05) is 29.3 Å². The third-order valence-electron chi connectivity index (χ3n) is 5.35. The summed E-state index contributed by atoms with van der Waals surface area (Å²) in [7, 11) is 1.49. The molecule has 0 fully saturated rings. The third-order valence-corrected chi connectivity index (χ3v) is 6.30. The molecule has 0 atom stereocenters. The fourth-order valence-electron chi connectivity index (χ4n) is 3.56. The number of hydrogen-bond acceptors (Lipinski definition) is 6. The number of benzene rings is 3. The van der Waals surface area contributed by atoms with E-state index in [1.54, 1.807) is 48.5 Å². The number of hydrogen-bond donors (Lipinski definition) is 1. The summed E-state index contributed by atoms with van der Waals surface area (Å²) in [5.41, 5.74) is 2.63. The molecule has 1 aliphatic heterocycles. The number of rotatable bonds is 6. The molecule has 4 rings (SSSR count). The Balaban J connectivity index is 1.48. The highest BCUT2D eigenvalue weighted by Gasteiger charge is 2.39. The summed E-state index contributed by atoms with van der Waals surface area (Å²) in [6, 6.07) is 16.1. The number of aryl methyl sites for hydroxylation is 2. The number of imide groups is 1. The van der Waals surface area contributed by atoms with Crippen LogP contribution < -0.4 is 19.7 Å². The van der Waals surface area contributed by atoms with Crippen molar-refractivity contribution in [2.75, 3.05) is 17.3 Å². The highest BCUT2D eigenvalue weighted by Crippen LogP contribution is 2.32. The second-order valence-electron chi connectivity index (χ2n) is 7.80. The maximum absolute atomic E-state index is 13.0. The van der Waals surface area contributed by atoms with Gasteiger partial charge in [0.2, 0.25) is 0 Å². The van der Waals surface area contributed by atoms with E-state index < -0.39 is 17.8 Å². The molecule has 0 saturated heterocycles. The maximum atomic E-state index is 13.0. The second-order valence-corrected chi connectivity index (χ2v) is 8.56. The quantitative estimate of drug-likeness (QED) is 0.263. The summed E-state index contributed by atoms with van der Waals surface area (Å²) in [4.78, 5) is 39.2. The van der Waals surface area contributed by atoms with Crippen LogP contribution in [0.4, 0.5) is 11.4 Å². The van der Waals surface area contributed by atoms with Gasteiger partial charge in [-0.3, -0.25) is 9.59 Å². The molecule has 2 amide bonds. The molecular formula is C26H20Cl2N2O5. The van der Waals surface area contributed by atoms with Crippen LogP contribution in [0.25, 0.3) is 0 Å². The van der Waals surface area contributed by atoms with E-state index >= 15 is 0 Å². The van der Waals surface area contributed by atoms with E-state index in [-0.39, 0.29) is 10.7 Å². The zero-order valence-corrected chi connectivity index (χ0v) is 20.5. The monoisotopic (exact) mass is 510 g/mol. The van der Waals surface area contributed by atoms with Crippen LogP contribution in [-0.2, 0) is 9.59 Å². The van der Waals surface area contributed by atoms with E-state index in [1.807, 2.05) is 13.8 Å². The Morgan fingerprint density at radius 3 is 2.17 bits per heavy atom. The molecular weight excluding hydrogens is 491 g/mol. The van der Waals surface area contributed by atoms with Gasteiger partial charge >= 0.3 is 5.97 Å². The molecule has 3 aromatic carbocycles. The van der Waals surface area contributed by atoms with Crippen molar-refractivity contribution in [1.82, 2.24) is 0 Å². The summed E-state index contributed by atoms with van der Waals surface area (Å²) < 4.78 is 10.6. The zero-order valence-electron chi connectivity index (χ0n) is 19.0. The van der Waals surface area contributed by atoms with Crippen molar-refractivity contribution in [3.05, 3.63) is 93.1 Å². The van der Waals surface area contributed by atoms with Crippen molar-refractivity contribution in [3.63, 3.8) is 0 Å². The van der Waals surface area contributed by atoms with E-state index in [0.29, 0.717) is 33.5 Å². The first-order valence-corrected chi connectivity index (χ1v) is 11.2. The van der Waals surface area contributed by atoms with Crippen molar-refractivity contribution >= 4 is 52.4 Å². The average molecular weight is 511 g/mol. The first-order valence-electron chi connectivity index (χ1n) is 10.5. The van der Waals surface area contributed by atoms with E-state index in [4.69, 9.17) is 32.7 Å². The minimum Gasteiger partial charge on any atom is -0.497 e. The second kappa shape index (κ2) is 9.82. The molecule has 3 aromatic rings. The van der Waals surface area contributed by atoms with Crippen LogP contribution in [0, 0.1) is 13.8 Å². The largest absolute Gasteiger partial charge is 0.497 e. The predicted molar refractivity (Wildman–Crippen MR) is 134 cm³/mol. The van der Waals surface area contributed by atoms with Gasteiger partial charge in [0, 0.05) is 16.8 Å². The fraction of sp³-hybridized carbons (Fsp3) is 0.115. The van der Waals surface area contributed by atoms with Gasteiger partial charge in [-0.15, -0.1) is 0 Å². The lowest BCUT2D eigenvalue weighted by atomic mass is 10.1. The summed E-state index contributed by atoms with van der Waals surface area (Å²) in [5.74, 6) is -0.925. The first-order chi connectivity index (χ1) is 16.7. The predicted octanol–water partition coefficient (Wildman–Crippen LogP) is 5.62. The summed E-state index contributed by atoms with van der Waals surface area (Å²) in [5, 5.41) is 3.26. The molecule has 7 nitrogen and oxygen atoms in total. The molecule has 0 aromatic heterocycles. The molecule has 0 aliphatic carbocycles. The number of methoxy groups -OCH3 is 1. The van der Waals surface area contributed by atoms with Gasteiger partial charge in [-0.05, 0) is 73.5 Å². The summed E-state index contributed by atoms with van der Waals surface area (Å²) >= 11 is 12.4. The molecule has 35 heavy (non-hydrogen) atoms. The van der Waals surface area contributed by atoms with Crippen LogP contribution >= 0.6 is 23.2 Å². The van der Waals surface area contributed by atoms with E-state index in [2.05, 4.69) is 5.32 Å². The van der Waals surface area contributed by atoms with E-state index in [0.717, 1.165) is 16.0 Å². The molecule has 1 heterocycles. The molecule has 1 N–H and O–H groups in total. The SMILES string of the molecule is COc1cccc(N2C(=O)C(Cl)=C(Nc3ccc(C(=O)Oc4cc(C)c(Cl)c(C)c4)cc3)C2=O)c1. The average Bonchev–Trinajstić information content (AvgIpc) is 3.05. The fourth-order valence-corrected chi connectivity index (χ4v) is 3.88. The van der Waals surface area contributed by atoms with Crippen molar-refractivity contribution in [3.8, 4) is 11.5 Å². The van der Waals surface area contributed by atoms with Crippen molar-refractivity contribution in [2.45, 2.75) is 13.8 Å². The number of carbonyl (C=O) groups excluding carboxylic acids is 3. The van der Waals surface area contributed by atoms with Crippen LogP contribution in [0.3, 0.4) is 0 Å². The molecule has 9 heteroatoms. The van der Waals surface area contributed by atoms with Crippen molar-refractivity contribution in [2.24, 2.45) is 0 Å². The lowest BCUT2D eigenvalue weighted by Gasteiger charge is -2.16. The lowest BCUT2D eigenvalue weighted by Crippen LogP contribution is -2.32. The normalized spacial score (nSPS) is 13.3. The van der Waals surface area contributed by atoms with Gasteiger partial charge in [0.1, 0.15) is 22.2 Å². The Morgan fingerprint density at radius 2 is 1.54 bits per heavy atom. The number of ether oxygens (including phenoxy) is 2. The maximum Gasteiger partial charge on any atom is 0.343 e. The Bertz CT molecular complexity index is 1360.